The largest absolute Gasteiger partial charge is 0.384 e. The molecule has 9 heteroatoms. The van der Waals surface area contributed by atoms with Gasteiger partial charge < -0.3 is 9.47 Å². The Morgan fingerprint density at radius 3 is 0.767 bits per heavy atom. The summed E-state index contributed by atoms with van der Waals surface area (Å²) in [5.41, 5.74) is 0. The van der Waals surface area contributed by atoms with E-state index in [4.69, 9.17) is 9.47 Å². The first-order chi connectivity index (χ1) is 21.2. The fourth-order valence-electron chi connectivity index (χ4n) is 4.71. The molecule has 2 nitrogen and oxygen atoms in total. The molecule has 0 aliphatic carbocycles. The van der Waals surface area contributed by atoms with Crippen LogP contribution in [0.2, 0.25) is 0 Å². The molecule has 0 atom stereocenters. The fourth-order valence-corrected chi connectivity index (χ4v) is 12.3. The molecular weight excluding hydrogens is 665 g/mol. The molecular formula is C34H28O2S7. The van der Waals surface area contributed by atoms with E-state index < -0.39 is 0 Å². The lowest BCUT2D eigenvalue weighted by molar-refractivity contribution is 0.203. The molecule has 0 N–H and O–H groups in total. The van der Waals surface area contributed by atoms with Gasteiger partial charge in [-0.2, -0.15) is 0 Å². The molecule has 43 heavy (non-hydrogen) atoms. The van der Waals surface area contributed by atoms with Gasteiger partial charge in [-0.3, -0.25) is 0 Å². The molecule has 7 rings (SSSR count). The third-order valence-corrected chi connectivity index (χ3v) is 15.8. The molecule has 0 fully saturated rings. The number of rotatable bonds is 12. The van der Waals surface area contributed by atoms with Gasteiger partial charge in [-0.05, 0) is 84.9 Å². The van der Waals surface area contributed by atoms with Crippen LogP contribution in [0, 0.1) is 0 Å². The van der Waals surface area contributed by atoms with Crippen LogP contribution in [-0.4, -0.2) is 27.4 Å². The Hall–Kier alpha value is -2.18. The maximum Gasteiger partial charge on any atom is 0.0510 e. The van der Waals surface area contributed by atoms with E-state index in [1.165, 1.54) is 68.3 Å². The van der Waals surface area contributed by atoms with Gasteiger partial charge in [0.2, 0.25) is 0 Å². The monoisotopic (exact) mass is 692 g/mol. The third-order valence-electron chi connectivity index (χ3n) is 6.92. The minimum atomic E-state index is 0.772. The molecule has 0 amide bonds. The van der Waals surface area contributed by atoms with E-state index in [-0.39, 0.29) is 0 Å². The van der Waals surface area contributed by atoms with Crippen molar-refractivity contribution in [2.75, 3.05) is 27.4 Å². The average molecular weight is 693 g/mol. The van der Waals surface area contributed by atoms with E-state index in [0.717, 1.165) is 26.1 Å². The van der Waals surface area contributed by atoms with Crippen LogP contribution in [0.15, 0.2) is 84.9 Å². The highest BCUT2D eigenvalue weighted by Crippen LogP contribution is 2.46. The summed E-state index contributed by atoms with van der Waals surface area (Å²) in [5, 5.41) is 0. The van der Waals surface area contributed by atoms with Gasteiger partial charge in [-0.15, -0.1) is 79.4 Å². The zero-order valence-corrected chi connectivity index (χ0v) is 29.3. The van der Waals surface area contributed by atoms with E-state index in [9.17, 15) is 0 Å². The van der Waals surface area contributed by atoms with E-state index in [2.05, 4.69) is 84.9 Å². The molecule has 7 aromatic rings. The molecule has 0 saturated heterocycles. The van der Waals surface area contributed by atoms with Crippen molar-refractivity contribution in [3.05, 3.63) is 94.7 Å². The second-order valence-corrected chi connectivity index (χ2v) is 17.6. The van der Waals surface area contributed by atoms with Crippen LogP contribution < -0.4 is 0 Å². The first-order valence-electron chi connectivity index (χ1n) is 13.8. The SMILES string of the molecule is COCCc1ccc(-c2ccc(-c3ccc(-c4ccc(-c5ccc(-c6ccc(-c7ccc(CCOC)s7)s6)s5)s4)s3)s2)s1. The van der Waals surface area contributed by atoms with E-state index in [0.29, 0.717) is 0 Å². The lowest BCUT2D eigenvalue weighted by atomic mass is 10.3. The summed E-state index contributed by atoms with van der Waals surface area (Å²) in [7, 11) is 3.52. The van der Waals surface area contributed by atoms with Crippen LogP contribution in [0.5, 0.6) is 0 Å². The molecule has 0 bridgehead atoms. The maximum absolute atomic E-state index is 5.24. The Kier molecular flexibility index (Phi) is 9.23. The van der Waals surface area contributed by atoms with Crippen molar-refractivity contribution in [2.24, 2.45) is 0 Å². The van der Waals surface area contributed by atoms with Gasteiger partial charge in [-0.25, -0.2) is 0 Å². The second kappa shape index (κ2) is 13.4. The van der Waals surface area contributed by atoms with Crippen LogP contribution in [0.4, 0.5) is 0 Å². The van der Waals surface area contributed by atoms with Crippen LogP contribution in [0.25, 0.3) is 58.5 Å². The van der Waals surface area contributed by atoms with Crippen molar-refractivity contribution in [3.8, 4) is 58.5 Å². The molecule has 218 valence electrons. The van der Waals surface area contributed by atoms with Crippen molar-refractivity contribution in [1.29, 1.82) is 0 Å². The summed E-state index contributed by atoms with van der Waals surface area (Å²) in [4.78, 5) is 18.8. The third kappa shape index (κ3) is 6.61. The van der Waals surface area contributed by atoms with Gasteiger partial charge in [-0.1, -0.05) is 0 Å². The molecule has 0 aliphatic rings. The summed E-state index contributed by atoms with van der Waals surface area (Å²) in [6.45, 7) is 1.54. The van der Waals surface area contributed by atoms with Gasteiger partial charge in [0.05, 0.1) is 13.2 Å². The quantitative estimate of drug-likeness (QED) is 0.127. The highest BCUT2D eigenvalue weighted by molar-refractivity contribution is 7.31. The molecule has 0 aromatic carbocycles. The Bertz CT molecular complexity index is 1800. The smallest absolute Gasteiger partial charge is 0.0510 e. The van der Waals surface area contributed by atoms with Gasteiger partial charge >= 0.3 is 0 Å². The molecule has 0 radical (unpaired) electrons. The average Bonchev–Trinajstić information content (AvgIpc) is 3.87. The highest BCUT2D eigenvalue weighted by atomic mass is 32.1. The normalized spacial score (nSPS) is 11.6. The van der Waals surface area contributed by atoms with Gasteiger partial charge in [0.1, 0.15) is 0 Å². The molecule has 0 spiro atoms. The number of hydrogen-bond donors (Lipinski definition) is 0. The Morgan fingerprint density at radius 1 is 0.326 bits per heavy atom. The minimum Gasteiger partial charge on any atom is -0.384 e. The van der Waals surface area contributed by atoms with Crippen molar-refractivity contribution in [2.45, 2.75) is 12.8 Å². The zero-order valence-electron chi connectivity index (χ0n) is 23.6. The Labute approximate surface area is 280 Å². The molecule has 0 saturated carbocycles. The highest BCUT2D eigenvalue weighted by Gasteiger charge is 2.14. The summed E-state index contributed by atoms with van der Waals surface area (Å²) >= 11 is 13.2. The lowest BCUT2D eigenvalue weighted by Crippen LogP contribution is -1.90. The number of methoxy groups -OCH3 is 2. The number of ether oxygens (including phenoxy) is 2. The minimum absolute atomic E-state index is 0.772. The molecule has 0 aliphatic heterocycles. The topological polar surface area (TPSA) is 18.5 Å². The van der Waals surface area contributed by atoms with E-state index in [1.54, 1.807) is 14.2 Å². The molecule has 7 heterocycles. The van der Waals surface area contributed by atoms with Gasteiger partial charge in [0.25, 0.3) is 0 Å². The summed E-state index contributed by atoms with van der Waals surface area (Å²) in [5.74, 6) is 0. The van der Waals surface area contributed by atoms with Crippen molar-refractivity contribution in [3.63, 3.8) is 0 Å². The van der Waals surface area contributed by atoms with Crippen LogP contribution in [0.3, 0.4) is 0 Å². The van der Waals surface area contributed by atoms with Crippen molar-refractivity contribution in [1.82, 2.24) is 0 Å². The number of hydrogen-bond acceptors (Lipinski definition) is 9. The van der Waals surface area contributed by atoms with Crippen molar-refractivity contribution >= 4 is 79.4 Å². The predicted octanol–water partition coefficient (Wildman–Crippen LogP) is 12.5. The Balaban J connectivity index is 1.04. The van der Waals surface area contributed by atoms with Gasteiger partial charge in [0.15, 0.2) is 0 Å². The first kappa shape index (κ1) is 29.5. The zero-order chi connectivity index (χ0) is 29.2. The van der Waals surface area contributed by atoms with E-state index in [1.807, 2.05) is 79.4 Å². The molecule has 0 unspecified atom stereocenters. The maximum atomic E-state index is 5.24. The van der Waals surface area contributed by atoms with Gasteiger partial charge in [0, 0.05) is 95.3 Å². The molecule has 7 aromatic heterocycles. The predicted molar refractivity (Wildman–Crippen MR) is 195 cm³/mol. The van der Waals surface area contributed by atoms with E-state index >= 15 is 0 Å². The standard InChI is InChI=1S/C34H28O2S7/c1-35-19-17-21-3-5-23(37-21)25-7-9-27(39-25)29-11-13-31(41-29)33-15-16-34(43-33)32-14-12-30(42-32)28-10-8-26(40-28)24-6-4-22(38-24)18-20-36-2/h3-16H,17-20H2,1-2H3. The van der Waals surface area contributed by atoms with Crippen molar-refractivity contribution < 1.29 is 9.47 Å². The summed E-state index contributed by atoms with van der Waals surface area (Å²) < 4.78 is 10.5. The van der Waals surface area contributed by atoms with Crippen LogP contribution >= 0.6 is 79.4 Å². The fraction of sp³-hybridized carbons (Fsp3) is 0.176. The first-order valence-corrected chi connectivity index (χ1v) is 19.5. The van der Waals surface area contributed by atoms with Crippen LogP contribution in [0.1, 0.15) is 9.75 Å². The van der Waals surface area contributed by atoms with Crippen LogP contribution in [-0.2, 0) is 22.3 Å². The Morgan fingerprint density at radius 2 is 0.535 bits per heavy atom. The second-order valence-electron chi connectivity index (χ2n) is 9.84. The summed E-state index contributed by atoms with van der Waals surface area (Å²) in [6.07, 6.45) is 1.95. The number of thiophene rings is 7. The lowest BCUT2D eigenvalue weighted by Gasteiger charge is -1.94. The summed E-state index contributed by atoms with van der Waals surface area (Å²) in [6, 6.07) is 31.7.